The van der Waals surface area contributed by atoms with Crippen molar-refractivity contribution in [3.05, 3.63) is 11.9 Å². The van der Waals surface area contributed by atoms with Crippen LogP contribution in [0.15, 0.2) is 6.20 Å². The molecule has 1 aromatic heterocycles. The number of aromatic nitrogens is 3. The van der Waals surface area contributed by atoms with Crippen LogP contribution in [0.4, 0.5) is 0 Å². The average molecular weight is 290 g/mol. The Bertz CT molecular complexity index is 577. The summed E-state index contributed by atoms with van der Waals surface area (Å²) in [6.07, 6.45) is 1.13. The van der Waals surface area contributed by atoms with Crippen LogP contribution in [0.2, 0.25) is 0 Å². The second kappa shape index (κ2) is 5.78. The van der Waals surface area contributed by atoms with E-state index in [1.165, 1.54) is 19.0 Å². The molecule has 1 rings (SSSR count). The normalized spacial score (nSPS) is 11.3. The van der Waals surface area contributed by atoms with Crippen LogP contribution in [-0.4, -0.2) is 70.9 Å². The number of amides is 1. The van der Waals surface area contributed by atoms with E-state index < -0.39 is 27.5 Å². The van der Waals surface area contributed by atoms with E-state index in [0.29, 0.717) is 0 Å². The van der Waals surface area contributed by atoms with Crippen LogP contribution in [0, 0.1) is 0 Å². The lowest BCUT2D eigenvalue weighted by molar-refractivity contribution is -0.125. The highest BCUT2D eigenvalue weighted by Crippen LogP contribution is 1.97. The molecule has 0 radical (unpaired) electrons. The molecule has 1 amide bonds. The topological polar surface area (TPSA) is 122 Å². The summed E-state index contributed by atoms with van der Waals surface area (Å²) in [7, 11) is -0.629. The summed E-state index contributed by atoms with van der Waals surface area (Å²) in [5.74, 6) is -2.64. The van der Waals surface area contributed by atoms with Crippen LogP contribution in [-0.2, 0) is 21.2 Å². The van der Waals surface area contributed by atoms with Crippen molar-refractivity contribution >= 4 is 21.7 Å². The van der Waals surface area contributed by atoms with E-state index in [0.717, 1.165) is 10.9 Å². The zero-order chi connectivity index (χ0) is 14.6. The van der Waals surface area contributed by atoms with Gasteiger partial charge in [-0.2, -0.15) is 0 Å². The third kappa shape index (κ3) is 4.66. The summed E-state index contributed by atoms with van der Waals surface area (Å²) >= 11 is 0. The number of aryl methyl sites for hydroxylation is 1. The smallest absolute Gasteiger partial charge is 0.358 e. The Kier molecular flexibility index (Phi) is 4.59. The zero-order valence-corrected chi connectivity index (χ0v) is 11.3. The molecule has 19 heavy (non-hydrogen) atoms. The van der Waals surface area contributed by atoms with E-state index in [9.17, 15) is 18.0 Å². The van der Waals surface area contributed by atoms with Gasteiger partial charge in [-0.1, -0.05) is 5.21 Å². The lowest BCUT2D eigenvalue weighted by Gasteiger charge is -2.10. The van der Waals surface area contributed by atoms with Crippen LogP contribution in [0.25, 0.3) is 0 Å². The van der Waals surface area contributed by atoms with E-state index in [1.807, 2.05) is 0 Å². The van der Waals surface area contributed by atoms with Crippen LogP contribution in [0.3, 0.4) is 0 Å². The SMILES string of the molecule is CN(C)C(=O)CS(=O)(=O)CCn1cc(C(=O)O)nn1. The molecular formula is C9H14N4O5S. The number of carbonyl (C=O) groups excluding carboxylic acids is 1. The molecule has 0 atom stereocenters. The molecule has 1 aromatic rings. The Morgan fingerprint density at radius 1 is 1.42 bits per heavy atom. The van der Waals surface area contributed by atoms with E-state index in [4.69, 9.17) is 5.11 Å². The van der Waals surface area contributed by atoms with Gasteiger partial charge in [0.1, 0.15) is 5.75 Å². The Labute approximate surface area is 109 Å². The Morgan fingerprint density at radius 2 is 2.05 bits per heavy atom. The zero-order valence-electron chi connectivity index (χ0n) is 10.5. The van der Waals surface area contributed by atoms with E-state index in [2.05, 4.69) is 10.3 Å². The van der Waals surface area contributed by atoms with Crippen molar-refractivity contribution < 1.29 is 23.1 Å². The minimum Gasteiger partial charge on any atom is -0.476 e. The fourth-order valence-electron chi connectivity index (χ4n) is 1.13. The maximum atomic E-state index is 11.6. The summed E-state index contributed by atoms with van der Waals surface area (Å²) in [5, 5.41) is 15.5. The van der Waals surface area contributed by atoms with E-state index in [-0.39, 0.29) is 18.0 Å². The van der Waals surface area contributed by atoms with E-state index >= 15 is 0 Å². The summed E-state index contributed by atoms with van der Waals surface area (Å²) < 4.78 is 24.4. The second-order valence-corrected chi connectivity index (χ2v) is 6.24. The van der Waals surface area contributed by atoms with Gasteiger partial charge >= 0.3 is 5.97 Å². The molecule has 1 N–H and O–H groups in total. The van der Waals surface area contributed by atoms with Gasteiger partial charge in [-0.3, -0.25) is 9.48 Å². The number of hydrogen-bond acceptors (Lipinski definition) is 6. The van der Waals surface area contributed by atoms with E-state index in [1.54, 1.807) is 0 Å². The molecule has 0 aliphatic heterocycles. The van der Waals surface area contributed by atoms with Gasteiger partial charge in [-0.05, 0) is 0 Å². The number of rotatable bonds is 6. The molecule has 9 nitrogen and oxygen atoms in total. The Hall–Kier alpha value is -1.97. The van der Waals surface area contributed by atoms with Crippen molar-refractivity contribution in [3.8, 4) is 0 Å². The Morgan fingerprint density at radius 3 is 2.53 bits per heavy atom. The van der Waals surface area contributed by atoms with Gasteiger partial charge in [0.25, 0.3) is 0 Å². The minimum absolute atomic E-state index is 0.0523. The highest BCUT2D eigenvalue weighted by Gasteiger charge is 2.18. The van der Waals surface area contributed by atoms with Crippen LogP contribution < -0.4 is 0 Å². The fourth-order valence-corrected chi connectivity index (χ4v) is 2.37. The van der Waals surface area contributed by atoms with Gasteiger partial charge < -0.3 is 10.0 Å². The molecule has 106 valence electrons. The first-order chi connectivity index (χ1) is 8.71. The lowest BCUT2D eigenvalue weighted by Crippen LogP contribution is -2.31. The standard InChI is InChI=1S/C9H14N4O5S/c1-12(2)8(14)6-19(17,18)4-3-13-5-7(9(15)16)10-11-13/h5H,3-4,6H2,1-2H3,(H,15,16). The maximum absolute atomic E-state index is 11.6. The molecule has 0 saturated carbocycles. The Balaban J connectivity index is 2.60. The molecular weight excluding hydrogens is 276 g/mol. The molecule has 0 aromatic carbocycles. The van der Waals surface area contributed by atoms with Crippen LogP contribution in [0.5, 0.6) is 0 Å². The number of hydrogen-bond donors (Lipinski definition) is 1. The van der Waals surface area contributed by atoms with Crippen molar-refractivity contribution in [2.24, 2.45) is 0 Å². The lowest BCUT2D eigenvalue weighted by atomic mass is 10.5. The molecule has 0 aliphatic carbocycles. The third-order valence-electron chi connectivity index (χ3n) is 2.23. The summed E-state index contributed by atoms with van der Waals surface area (Å²) in [4.78, 5) is 23.0. The van der Waals surface area contributed by atoms with Gasteiger partial charge in [0, 0.05) is 14.1 Å². The molecule has 0 aliphatic rings. The number of sulfone groups is 1. The monoisotopic (exact) mass is 290 g/mol. The molecule has 0 saturated heterocycles. The first kappa shape index (κ1) is 15.1. The van der Waals surface area contributed by atoms with Gasteiger partial charge in [0.05, 0.1) is 18.5 Å². The predicted molar refractivity (Wildman–Crippen MR) is 64.3 cm³/mol. The fraction of sp³-hybridized carbons (Fsp3) is 0.556. The first-order valence-electron chi connectivity index (χ1n) is 5.25. The predicted octanol–water partition coefficient (Wildman–Crippen LogP) is -1.52. The third-order valence-corrected chi connectivity index (χ3v) is 3.72. The number of carboxylic acids is 1. The number of nitrogens with zero attached hydrogens (tertiary/aromatic N) is 4. The summed E-state index contributed by atoms with van der Waals surface area (Å²) in [5.41, 5.74) is -0.262. The number of carboxylic acid groups (broad SMARTS) is 1. The largest absolute Gasteiger partial charge is 0.476 e. The molecule has 0 spiro atoms. The molecule has 1 heterocycles. The quantitative estimate of drug-likeness (QED) is 0.675. The molecule has 10 heteroatoms. The molecule has 0 fully saturated rings. The van der Waals surface area contributed by atoms with Crippen molar-refractivity contribution in [1.29, 1.82) is 0 Å². The van der Waals surface area contributed by atoms with Gasteiger partial charge in [-0.25, -0.2) is 13.2 Å². The van der Waals surface area contributed by atoms with Crippen molar-refractivity contribution in [1.82, 2.24) is 19.9 Å². The van der Waals surface area contributed by atoms with Gasteiger partial charge in [-0.15, -0.1) is 5.10 Å². The number of aromatic carboxylic acids is 1. The van der Waals surface area contributed by atoms with Crippen molar-refractivity contribution in [2.45, 2.75) is 6.54 Å². The van der Waals surface area contributed by atoms with Gasteiger partial charge in [0.15, 0.2) is 15.5 Å². The minimum atomic E-state index is -3.56. The second-order valence-electron chi connectivity index (χ2n) is 4.05. The number of carbonyl (C=O) groups is 2. The van der Waals surface area contributed by atoms with Crippen LogP contribution >= 0.6 is 0 Å². The summed E-state index contributed by atoms with van der Waals surface area (Å²) in [6.45, 7) is -0.0523. The molecule has 0 bridgehead atoms. The van der Waals surface area contributed by atoms with Crippen molar-refractivity contribution in [3.63, 3.8) is 0 Å². The average Bonchev–Trinajstić information content (AvgIpc) is 2.74. The molecule has 0 unspecified atom stereocenters. The maximum Gasteiger partial charge on any atom is 0.358 e. The highest BCUT2D eigenvalue weighted by molar-refractivity contribution is 7.92. The van der Waals surface area contributed by atoms with Crippen LogP contribution in [0.1, 0.15) is 10.5 Å². The summed E-state index contributed by atoms with van der Waals surface area (Å²) in [6, 6.07) is 0. The highest BCUT2D eigenvalue weighted by atomic mass is 32.2. The van der Waals surface area contributed by atoms with Gasteiger partial charge in [0.2, 0.25) is 5.91 Å². The first-order valence-corrected chi connectivity index (χ1v) is 7.07. The van der Waals surface area contributed by atoms with Crippen molar-refractivity contribution in [2.75, 3.05) is 25.6 Å².